The number of ether oxygens (including phenoxy) is 1. The van der Waals surface area contributed by atoms with Crippen molar-refractivity contribution in [3.63, 3.8) is 0 Å². The minimum Gasteiger partial charge on any atom is -0.385 e. The van der Waals surface area contributed by atoms with Gasteiger partial charge in [0.2, 0.25) is 0 Å². The number of aromatic nitrogens is 2. The summed E-state index contributed by atoms with van der Waals surface area (Å²) in [6.07, 6.45) is 3.46. The molecule has 0 saturated heterocycles. The molecule has 0 aliphatic heterocycles. The summed E-state index contributed by atoms with van der Waals surface area (Å²) >= 11 is 0. The maximum atomic E-state index is 10.3. The standard InChI is InChI=1S/C7H11N3O3/c1-13-4-2-3-9-6-7(5-8-9)10(11)12/h5-6H,2-4H2,1H3. The highest BCUT2D eigenvalue weighted by Gasteiger charge is 2.07. The van der Waals surface area contributed by atoms with Crippen LogP contribution in [-0.4, -0.2) is 28.4 Å². The number of nitro groups is 1. The van der Waals surface area contributed by atoms with Crippen LogP contribution in [0.15, 0.2) is 12.4 Å². The molecule has 0 fully saturated rings. The summed E-state index contributed by atoms with van der Waals surface area (Å²) in [6, 6.07) is 0. The molecule has 0 bridgehead atoms. The second kappa shape index (κ2) is 4.56. The summed E-state index contributed by atoms with van der Waals surface area (Å²) in [5, 5.41) is 14.1. The second-order valence-electron chi connectivity index (χ2n) is 2.57. The summed E-state index contributed by atoms with van der Waals surface area (Å²) in [6.45, 7) is 1.27. The van der Waals surface area contributed by atoms with Crippen molar-refractivity contribution in [1.82, 2.24) is 9.78 Å². The van der Waals surface area contributed by atoms with Crippen molar-refractivity contribution in [1.29, 1.82) is 0 Å². The Morgan fingerprint density at radius 3 is 3.08 bits per heavy atom. The summed E-state index contributed by atoms with van der Waals surface area (Å²) in [5.74, 6) is 0. The minimum absolute atomic E-state index is 0.0254. The van der Waals surface area contributed by atoms with Gasteiger partial charge >= 0.3 is 5.69 Å². The first-order valence-corrected chi connectivity index (χ1v) is 3.90. The topological polar surface area (TPSA) is 70.2 Å². The van der Waals surface area contributed by atoms with E-state index in [1.807, 2.05) is 0 Å². The van der Waals surface area contributed by atoms with Crippen molar-refractivity contribution in [2.45, 2.75) is 13.0 Å². The van der Waals surface area contributed by atoms with E-state index >= 15 is 0 Å². The normalized spacial score (nSPS) is 10.2. The van der Waals surface area contributed by atoms with Crippen LogP contribution >= 0.6 is 0 Å². The highest BCUT2D eigenvalue weighted by atomic mass is 16.6. The molecule has 0 aliphatic carbocycles. The summed E-state index contributed by atoms with van der Waals surface area (Å²) in [4.78, 5) is 9.81. The lowest BCUT2D eigenvalue weighted by atomic mass is 10.4. The second-order valence-corrected chi connectivity index (χ2v) is 2.57. The molecule has 1 aromatic heterocycles. The molecular weight excluding hydrogens is 174 g/mol. The van der Waals surface area contributed by atoms with Gasteiger partial charge in [0.15, 0.2) is 0 Å². The average molecular weight is 185 g/mol. The maximum absolute atomic E-state index is 10.3. The number of rotatable bonds is 5. The molecule has 6 heteroatoms. The molecule has 0 amide bonds. The van der Waals surface area contributed by atoms with Gasteiger partial charge in [-0.25, -0.2) is 0 Å². The van der Waals surface area contributed by atoms with E-state index in [0.717, 1.165) is 6.42 Å². The molecule has 1 rings (SSSR count). The van der Waals surface area contributed by atoms with Gasteiger partial charge in [-0.05, 0) is 6.42 Å². The quantitative estimate of drug-likeness (QED) is 0.387. The molecule has 6 nitrogen and oxygen atoms in total. The van der Waals surface area contributed by atoms with Crippen molar-refractivity contribution in [2.24, 2.45) is 0 Å². The molecular formula is C7H11N3O3. The van der Waals surface area contributed by atoms with E-state index in [0.29, 0.717) is 13.2 Å². The smallest absolute Gasteiger partial charge is 0.306 e. The Bertz CT molecular complexity index is 284. The number of aryl methyl sites for hydroxylation is 1. The van der Waals surface area contributed by atoms with Crippen LogP contribution in [0.1, 0.15) is 6.42 Å². The van der Waals surface area contributed by atoms with Crippen LogP contribution in [0.25, 0.3) is 0 Å². The molecule has 72 valence electrons. The fourth-order valence-electron chi connectivity index (χ4n) is 0.940. The van der Waals surface area contributed by atoms with Gasteiger partial charge in [0, 0.05) is 20.3 Å². The Balaban J connectivity index is 2.44. The van der Waals surface area contributed by atoms with Crippen molar-refractivity contribution in [3.8, 4) is 0 Å². The van der Waals surface area contributed by atoms with Gasteiger partial charge in [0.05, 0.1) is 4.92 Å². The molecule has 0 radical (unpaired) electrons. The van der Waals surface area contributed by atoms with E-state index in [1.165, 1.54) is 17.1 Å². The zero-order chi connectivity index (χ0) is 9.68. The van der Waals surface area contributed by atoms with Gasteiger partial charge < -0.3 is 4.74 Å². The van der Waals surface area contributed by atoms with Gasteiger partial charge in [-0.2, -0.15) is 5.10 Å². The van der Waals surface area contributed by atoms with Crippen LogP contribution in [-0.2, 0) is 11.3 Å². The fraction of sp³-hybridized carbons (Fsp3) is 0.571. The molecule has 0 aliphatic rings. The molecule has 1 aromatic rings. The third-order valence-electron chi connectivity index (χ3n) is 1.57. The monoisotopic (exact) mass is 185 g/mol. The molecule has 0 N–H and O–H groups in total. The van der Waals surface area contributed by atoms with E-state index in [-0.39, 0.29) is 5.69 Å². The lowest BCUT2D eigenvalue weighted by Crippen LogP contribution is -2.01. The Morgan fingerprint density at radius 2 is 2.54 bits per heavy atom. The predicted octanol–water partition coefficient (Wildman–Crippen LogP) is 0.828. The highest BCUT2D eigenvalue weighted by molar-refractivity contribution is 5.20. The van der Waals surface area contributed by atoms with Gasteiger partial charge in [0.25, 0.3) is 0 Å². The molecule has 0 spiro atoms. The Hall–Kier alpha value is -1.43. The van der Waals surface area contributed by atoms with Crippen molar-refractivity contribution >= 4 is 5.69 Å². The van der Waals surface area contributed by atoms with E-state index in [4.69, 9.17) is 4.74 Å². The minimum atomic E-state index is -0.459. The summed E-state index contributed by atoms with van der Waals surface area (Å²) in [7, 11) is 1.62. The first-order chi connectivity index (χ1) is 6.24. The molecule has 0 unspecified atom stereocenters. The maximum Gasteiger partial charge on any atom is 0.306 e. The third kappa shape index (κ3) is 2.83. The van der Waals surface area contributed by atoms with E-state index in [1.54, 1.807) is 7.11 Å². The average Bonchev–Trinajstić information content (AvgIpc) is 2.53. The number of nitrogens with zero attached hydrogens (tertiary/aromatic N) is 3. The van der Waals surface area contributed by atoms with E-state index in [9.17, 15) is 10.1 Å². The van der Waals surface area contributed by atoms with Crippen LogP contribution < -0.4 is 0 Å². The Labute approximate surface area is 75.3 Å². The zero-order valence-corrected chi connectivity index (χ0v) is 7.34. The summed E-state index contributed by atoms with van der Waals surface area (Å²) in [5.41, 5.74) is 0.0254. The molecule has 0 saturated carbocycles. The van der Waals surface area contributed by atoms with Gasteiger partial charge in [0.1, 0.15) is 12.4 Å². The first-order valence-electron chi connectivity index (χ1n) is 3.90. The highest BCUT2D eigenvalue weighted by Crippen LogP contribution is 2.07. The molecule has 0 atom stereocenters. The molecule has 13 heavy (non-hydrogen) atoms. The molecule has 1 heterocycles. The number of hydrogen-bond donors (Lipinski definition) is 0. The number of methoxy groups -OCH3 is 1. The van der Waals surface area contributed by atoms with E-state index < -0.39 is 4.92 Å². The number of hydrogen-bond acceptors (Lipinski definition) is 4. The molecule has 0 aromatic carbocycles. The van der Waals surface area contributed by atoms with Crippen LogP contribution in [0.5, 0.6) is 0 Å². The lowest BCUT2D eigenvalue weighted by Gasteiger charge is -1.98. The van der Waals surface area contributed by atoms with Gasteiger partial charge in [-0.1, -0.05) is 0 Å². The first kappa shape index (κ1) is 9.66. The van der Waals surface area contributed by atoms with Gasteiger partial charge in [-0.3, -0.25) is 14.8 Å². The Kier molecular flexibility index (Phi) is 3.39. The lowest BCUT2D eigenvalue weighted by molar-refractivity contribution is -0.385. The van der Waals surface area contributed by atoms with Crippen molar-refractivity contribution in [2.75, 3.05) is 13.7 Å². The van der Waals surface area contributed by atoms with E-state index in [2.05, 4.69) is 5.10 Å². The van der Waals surface area contributed by atoms with Crippen molar-refractivity contribution in [3.05, 3.63) is 22.5 Å². The third-order valence-corrected chi connectivity index (χ3v) is 1.57. The van der Waals surface area contributed by atoms with Crippen LogP contribution in [0.2, 0.25) is 0 Å². The predicted molar refractivity (Wildman–Crippen MR) is 45.4 cm³/mol. The van der Waals surface area contributed by atoms with Crippen LogP contribution in [0, 0.1) is 10.1 Å². The SMILES string of the molecule is COCCCn1cc([N+](=O)[O-])cn1. The zero-order valence-electron chi connectivity index (χ0n) is 7.34. The fourth-order valence-corrected chi connectivity index (χ4v) is 0.940. The van der Waals surface area contributed by atoms with Gasteiger partial charge in [-0.15, -0.1) is 0 Å². The van der Waals surface area contributed by atoms with Crippen molar-refractivity contribution < 1.29 is 9.66 Å². The van der Waals surface area contributed by atoms with Crippen LogP contribution in [0.4, 0.5) is 5.69 Å². The Morgan fingerprint density at radius 1 is 1.77 bits per heavy atom. The summed E-state index contributed by atoms with van der Waals surface area (Å²) < 4.78 is 6.38. The van der Waals surface area contributed by atoms with Crippen LogP contribution in [0.3, 0.4) is 0 Å². The largest absolute Gasteiger partial charge is 0.385 e.